The molecule has 1 aromatic rings. The van der Waals surface area contributed by atoms with Gasteiger partial charge in [0.05, 0.1) is 18.8 Å². The fraction of sp³-hybridized carbons (Fsp3) is 0.500. The molecule has 1 atom stereocenters. The van der Waals surface area contributed by atoms with E-state index < -0.39 is 0 Å². The maximum Gasteiger partial charge on any atom is 0.136 e. The number of ether oxygens (including phenoxy) is 2. The highest BCUT2D eigenvalue weighted by atomic mass is 16.5. The van der Waals surface area contributed by atoms with Gasteiger partial charge in [0.1, 0.15) is 11.8 Å². The second-order valence-electron chi connectivity index (χ2n) is 4.04. The summed E-state index contributed by atoms with van der Waals surface area (Å²) in [7, 11) is 1.57. The summed E-state index contributed by atoms with van der Waals surface area (Å²) in [6.07, 6.45) is 0.204. The van der Waals surface area contributed by atoms with Crippen LogP contribution in [0.4, 0.5) is 0 Å². The van der Waals surface area contributed by atoms with Crippen molar-refractivity contribution in [3.05, 3.63) is 29.3 Å². The zero-order valence-corrected chi connectivity index (χ0v) is 11.2. The molecule has 0 aliphatic rings. The minimum atomic E-state index is 0.204. The first-order valence-corrected chi connectivity index (χ1v) is 6.10. The molecular weight excluding hydrogens is 228 g/mol. The molecule has 0 saturated carbocycles. The molecule has 0 aliphatic heterocycles. The van der Waals surface area contributed by atoms with Crippen LogP contribution in [0, 0.1) is 11.3 Å². The van der Waals surface area contributed by atoms with Crippen molar-refractivity contribution in [2.45, 2.75) is 26.5 Å². The van der Waals surface area contributed by atoms with E-state index in [2.05, 4.69) is 11.4 Å². The van der Waals surface area contributed by atoms with E-state index in [1.54, 1.807) is 13.2 Å². The number of nitrogens with zero attached hydrogens (tertiary/aromatic N) is 1. The molecule has 0 bridgehead atoms. The van der Waals surface area contributed by atoms with Crippen molar-refractivity contribution in [2.24, 2.45) is 0 Å². The Morgan fingerprint density at radius 2 is 2.22 bits per heavy atom. The minimum absolute atomic E-state index is 0.204. The van der Waals surface area contributed by atoms with Gasteiger partial charge in [0.2, 0.25) is 0 Å². The number of benzene rings is 1. The van der Waals surface area contributed by atoms with Gasteiger partial charge >= 0.3 is 0 Å². The van der Waals surface area contributed by atoms with Gasteiger partial charge in [-0.3, -0.25) is 0 Å². The molecule has 4 heteroatoms. The summed E-state index contributed by atoms with van der Waals surface area (Å²) in [6, 6.07) is 7.69. The van der Waals surface area contributed by atoms with Gasteiger partial charge in [-0.1, -0.05) is 6.07 Å². The SMILES string of the molecule is CCOC(C)CNCc1ccc(C#N)c(OC)c1. The van der Waals surface area contributed by atoms with Crippen LogP contribution in [-0.2, 0) is 11.3 Å². The van der Waals surface area contributed by atoms with Crippen molar-refractivity contribution < 1.29 is 9.47 Å². The van der Waals surface area contributed by atoms with Gasteiger partial charge in [-0.15, -0.1) is 0 Å². The van der Waals surface area contributed by atoms with Crippen molar-refractivity contribution in [1.82, 2.24) is 5.32 Å². The fourth-order valence-corrected chi connectivity index (χ4v) is 1.70. The molecule has 0 fully saturated rings. The van der Waals surface area contributed by atoms with Gasteiger partial charge in [0.15, 0.2) is 0 Å². The Balaban J connectivity index is 2.51. The van der Waals surface area contributed by atoms with Crippen LogP contribution >= 0.6 is 0 Å². The standard InChI is InChI=1S/C14H20N2O2/c1-4-18-11(2)9-16-10-12-5-6-13(8-15)14(7-12)17-3/h5-7,11,16H,4,9-10H2,1-3H3. The van der Waals surface area contributed by atoms with E-state index in [0.29, 0.717) is 11.3 Å². The lowest BCUT2D eigenvalue weighted by molar-refractivity contribution is 0.0759. The first kappa shape index (κ1) is 14.5. The molecule has 0 heterocycles. The summed E-state index contributed by atoms with van der Waals surface area (Å²) in [5, 5.41) is 12.2. The van der Waals surface area contributed by atoms with Crippen molar-refractivity contribution >= 4 is 0 Å². The van der Waals surface area contributed by atoms with Crippen LogP contribution in [-0.4, -0.2) is 26.4 Å². The van der Waals surface area contributed by atoms with Crippen molar-refractivity contribution in [2.75, 3.05) is 20.3 Å². The van der Waals surface area contributed by atoms with Gasteiger partial charge in [-0.2, -0.15) is 5.26 Å². The fourth-order valence-electron chi connectivity index (χ4n) is 1.70. The Morgan fingerprint density at radius 1 is 1.44 bits per heavy atom. The lowest BCUT2D eigenvalue weighted by Gasteiger charge is -2.13. The van der Waals surface area contributed by atoms with Crippen LogP contribution in [0.25, 0.3) is 0 Å². The van der Waals surface area contributed by atoms with Crippen LogP contribution in [0.3, 0.4) is 0 Å². The molecule has 0 amide bonds. The summed E-state index contributed by atoms with van der Waals surface area (Å²) < 4.78 is 10.6. The third kappa shape index (κ3) is 4.36. The average Bonchev–Trinajstić information content (AvgIpc) is 2.38. The average molecular weight is 248 g/mol. The third-order valence-corrected chi connectivity index (χ3v) is 2.60. The molecule has 0 radical (unpaired) electrons. The molecule has 1 unspecified atom stereocenters. The van der Waals surface area contributed by atoms with E-state index in [1.165, 1.54) is 0 Å². The monoisotopic (exact) mass is 248 g/mol. The van der Waals surface area contributed by atoms with Crippen LogP contribution in [0.2, 0.25) is 0 Å². The number of nitrogens with one attached hydrogen (secondary N) is 1. The van der Waals surface area contributed by atoms with Crippen molar-refractivity contribution in [3.63, 3.8) is 0 Å². The molecule has 1 rings (SSSR count). The Bertz CT molecular complexity index is 413. The summed E-state index contributed by atoms with van der Waals surface area (Å²) in [5.74, 6) is 0.620. The van der Waals surface area contributed by atoms with E-state index in [-0.39, 0.29) is 6.10 Å². The second kappa shape index (κ2) is 7.70. The number of rotatable bonds is 7. The largest absolute Gasteiger partial charge is 0.495 e. The van der Waals surface area contributed by atoms with E-state index in [0.717, 1.165) is 25.3 Å². The van der Waals surface area contributed by atoms with Crippen LogP contribution in [0.15, 0.2) is 18.2 Å². The highest BCUT2D eigenvalue weighted by Crippen LogP contribution is 2.18. The van der Waals surface area contributed by atoms with E-state index >= 15 is 0 Å². The minimum Gasteiger partial charge on any atom is -0.495 e. The molecule has 1 aromatic carbocycles. The van der Waals surface area contributed by atoms with Gasteiger partial charge in [0.25, 0.3) is 0 Å². The molecule has 0 spiro atoms. The van der Waals surface area contributed by atoms with Crippen molar-refractivity contribution in [1.29, 1.82) is 5.26 Å². The lowest BCUT2D eigenvalue weighted by Crippen LogP contribution is -2.26. The topological polar surface area (TPSA) is 54.3 Å². The summed E-state index contributed by atoms with van der Waals surface area (Å²) in [6.45, 7) is 6.29. The van der Waals surface area contributed by atoms with Crippen LogP contribution < -0.4 is 10.1 Å². The molecule has 1 N–H and O–H groups in total. The highest BCUT2D eigenvalue weighted by molar-refractivity contribution is 5.45. The smallest absolute Gasteiger partial charge is 0.136 e. The van der Waals surface area contributed by atoms with Gasteiger partial charge < -0.3 is 14.8 Å². The van der Waals surface area contributed by atoms with E-state index in [4.69, 9.17) is 14.7 Å². The Morgan fingerprint density at radius 3 is 2.83 bits per heavy atom. The number of methoxy groups -OCH3 is 1. The molecule has 0 aliphatic carbocycles. The number of hydrogen-bond donors (Lipinski definition) is 1. The lowest BCUT2D eigenvalue weighted by atomic mass is 10.1. The number of hydrogen-bond acceptors (Lipinski definition) is 4. The normalized spacial score (nSPS) is 11.9. The van der Waals surface area contributed by atoms with E-state index in [9.17, 15) is 0 Å². The zero-order valence-electron chi connectivity index (χ0n) is 11.2. The summed E-state index contributed by atoms with van der Waals surface area (Å²) >= 11 is 0. The van der Waals surface area contributed by atoms with Crippen molar-refractivity contribution in [3.8, 4) is 11.8 Å². The quantitative estimate of drug-likeness (QED) is 0.802. The third-order valence-electron chi connectivity index (χ3n) is 2.60. The Labute approximate surface area is 109 Å². The maximum absolute atomic E-state index is 8.89. The summed E-state index contributed by atoms with van der Waals surface area (Å²) in [4.78, 5) is 0. The first-order chi connectivity index (χ1) is 8.71. The first-order valence-electron chi connectivity index (χ1n) is 6.10. The molecule has 0 aromatic heterocycles. The van der Waals surface area contributed by atoms with Gasteiger partial charge in [-0.05, 0) is 31.5 Å². The summed E-state index contributed by atoms with van der Waals surface area (Å²) in [5.41, 5.74) is 1.65. The van der Waals surface area contributed by atoms with E-state index in [1.807, 2.05) is 26.0 Å². The maximum atomic E-state index is 8.89. The molecular formula is C14H20N2O2. The molecule has 18 heavy (non-hydrogen) atoms. The highest BCUT2D eigenvalue weighted by Gasteiger charge is 2.04. The molecule has 0 saturated heterocycles. The van der Waals surface area contributed by atoms with Crippen LogP contribution in [0.5, 0.6) is 5.75 Å². The van der Waals surface area contributed by atoms with Crippen LogP contribution in [0.1, 0.15) is 25.0 Å². The molecule has 4 nitrogen and oxygen atoms in total. The predicted molar refractivity (Wildman–Crippen MR) is 70.5 cm³/mol. The molecule has 98 valence electrons. The number of nitriles is 1. The van der Waals surface area contributed by atoms with Gasteiger partial charge in [0, 0.05) is 19.7 Å². The predicted octanol–water partition coefficient (Wildman–Crippen LogP) is 2.08. The zero-order chi connectivity index (χ0) is 13.4. The second-order valence-corrected chi connectivity index (χ2v) is 4.04. The Hall–Kier alpha value is -1.57. The van der Waals surface area contributed by atoms with Gasteiger partial charge in [-0.25, -0.2) is 0 Å². The Kier molecular flexibility index (Phi) is 6.20.